The Morgan fingerprint density at radius 1 is 1.43 bits per heavy atom. The van der Waals surface area contributed by atoms with Gasteiger partial charge in [0.15, 0.2) is 11.5 Å². The summed E-state index contributed by atoms with van der Waals surface area (Å²) in [4.78, 5) is 12.7. The molecule has 2 bridgehead atoms. The normalized spacial score (nSPS) is 28.8. The fraction of sp³-hybridized carbons (Fsp3) is 0.611. The molecule has 4 rings (SSSR count). The van der Waals surface area contributed by atoms with E-state index in [2.05, 4.69) is 17.6 Å². The Morgan fingerprint density at radius 3 is 3.00 bits per heavy atom. The van der Waals surface area contributed by atoms with Crippen LogP contribution in [-0.4, -0.2) is 31.8 Å². The van der Waals surface area contributed by atoms with Gasteiger partial charge in [0.25, 0.3) is 0 Å². The summed E-state index contributed by atoms with van der Waals surface area (Å²) in [7, 11) is 0. The average molecular weight is 316 g/mol. The summed E-state index contributed by atoms with van der Waals surface area (Å²) in [6.45, 7) is 4.14. The maximum atomic E-state index is 12.7. The molecule has 1 aromatic rings. The molecule has 2 heterocycles. The minimum Gasteiger partial charge on any atom is -0.454 e. The number of hydrogen-bond acceptors (Lipinski definition) is 4. The Morgan fingerprint density at radius 2 is 2.30 bits per heavy atom. The molecule has 124 valence electrons. The number of ether oxygens (including phenoxy) is 2. The van der Waals surface area contributed by atoms with Crippen molar-refractivity contribution in [2.45, 2.75) is 44.6 Å². The first-order valence-electron chi connectivity index (χ1n) is 8.60. The highest BCUT2D eigenvalue weighted by Crippen LogP contribution is 2.42. The summed E-state index contributed by atoms with van der Waals surface area (Å²) >= 11 is 0. The van der Waals surface area contributed by atoms with E-state index in [0.717, 1.165) is 36.6 Å². The first kappa shape index (κ1) is 14.8. The molecule has 23 heavy (non-hydrogen) atoms. The number of benzene rings is 1. The Labute approximate surface area is 136 Å². The number of amides is 1. The summed E-state index contributed by atoms with van der Waals surface area (Å²) in [5, 5.41) is 6.75. The lowest BCUT2D eigenvalue weighted by Crippen LogP contribution is -2.41. The molecule has 2 aliphatic heterocycles. The van der Waals surface area contributed by atoms with E-state index in [0.29, 0.717) is 6.04 Å². The van der Waals surface area contributed by atoms with E-state index in [9.17, 15) is 4.79 Å². The van der Waals surface area contributed by atoms with Crippen LogP contribution >= 0.6 is 0 Å². The lowest BCUT2D eigenvalue weighted by molar-refractivity contribution is -0.123. The van der Waals surface area contributed by atoms with E-state index in [1.807, 2.05) is 18.2 Å². The van der Waals surface area contributed by atoms with Crippen LogP contribution in [0.5, 0.6) is 11.5 Å². The van der Waals surface area contributed by atoms with Crippen molar-refractivity contribution in [3.8, 4) is 11.5 Å². The number of fused-ring (bicyclic) bond motifs is 3. The van der Waals surface area contributed by atoms with Crippen molar-refractivity contribution in [2.24, 2.45) is 5.41 Å². The third-order valence-electron chi connectivity index (χ3n) is 5.63. The fourth-order valence-electron chi connectivity index (χ4n) is 4.23. The lowest BCUT2D eigenvalue weighted by Gasteiger charge is -2.27. The minimum absolute atomic E-state index is 0.121. The van der Waals surface area contributed by atoms with Crippen LogP contribution in [0.4, 0.5) is 0 Å². The number of nitrogens with one attached hydrogen (secondary N) is 2. The van der Waals surface area contributed by atoms with Crippen LogP contribution in [0.3, 0.4) is 0 Å². The quantitative estimate of drug-likeness (QED) is 0.874. The van der Waals surface area contributed by atoms with Crippen molar-refractivity contribution in [2.75, 3.05) is 19.9 Å². The predicted molar refractivity (Wildman–Crippen MR) is 86.7 cm³/mol. The van der Waals surface area contributed by atoms with Crippen molar-refractivity contribution < 1.29 is 14.3 Å². The standard InChI is InChI=1S/C18H24N2O3/c1-2-14(12-3-4-15-16(7-12)23-11-22-15)17(21)20-10-18-6-5-13(8-18)19-9-18/h3-4,7,13-14,19H,2,5-6,8-11H2,1H3,(H,20,21). The molecule has 3 atom stereocenters. The number of carbonyl (C=O) groups is 1. The summed E-state index contributed by atoms with van der Waals surface area (Å²) in [5.41, 5.74) is 1.29. The minimum atomic E-state index is -0.132. The van der Waals surface area contributed by atoms with E-state index in [4.69, 9.17) is 9.47 Å². The average Bonchev–Trinajstić information content (AvgIpc) is 3.29. The zero-order valence-corrected chi connectivity index (χ0v) is 13.6. The SMILES string of the molecule is CCC(C(=O)NCC12CCC(C1)NC2)c1ccc2c(c1)OCO2. The Hall–Kier alpha value is -1.75. The van der Waals surface area contributed by atoms with Crippen molar-refractivity contribution in [1.29, 1.82) is 0 Å². The maximum absolute atomic E-state index is 12.7. The zero-order chi connectivity index (χ0) is 15.9. The van der Waals surface area contributed by atoms with Gasteiger partial charge in [0.2, 0.25) is 12.7 Å². The second-order valence-electron chi connectivity index (χ2n) is 7.11. The molecule has 1 aliphatic carbocycles. The smallest absolute Gasteiger partial charge is 0.231 e. The molecule has 3 aliphatic rings. The van der Waals surface area contributed by atoms with E-state index < -0.39 is 0 Å². The van der Waals surface area contributed by atoms with Crippen molar-refractivity contribution >= 4 is 5.91 Å². The monoisotopic (exact) mass is 316 g/mol. The van der Waals surface area contributed by atoms with E-state index in [-0.39, 0.29) is 24.0 Å². The van der Waals surface area contributed by atoms with E-state index in [1.165, 1.54) is 19.3 Å². The highest BCUT2D eigenvalue weighted by atomic mass is 16.7. The number of piperidine rings is 1. The summed E-state index contributed by atoms with van der Waals surface area (Å²) in [6.07, 6.45) is 4.45. The molecule has 5 nitrogen and oxygen atoms in total. The molecule has 2 fully saturated rings. The fourth-order valence-corrected chi connectivity index (χ4v) is 4.23. The third-order valence-corrected chi connectivity index (χ3v) is 5.63. The largest absolute Gasteiger partial charge is 0.454 e. The molecular weight excluding hydrogens is 292 g/mol. The summed E-state index contributed by atoms with van der Waals surface area (Å²) in [6, 6.07) is 6.48. The summed E-state index contributed by atoms with van der Waals surface area (Å²) < 4.78 is 10.8. The van der Waals surface area contributed by atoms with Gasteiger partial charge >= 0.3 is 0 Å². The molecule has 2 N–H and O–H groups in total. The number of hydrogen-bond donors (Lipinski definition) is 2. The second kappa shape index (κ2) is 5.71. The van der Waals surface area contributed by atoms with Gasteiger partial charge in [-0.15, -0.1) is 0 Å². The lowest BCUT2D eigenvalue weighted by atomic mass is 9.87. The van der Waals surface area contributed by atoms with Gasteiger partial charge < -0.3 is 20.1 Å². The topological polar surface area (TPSA) is 59.6 Å². The van der Waals surface area contributed by atoms with Gasteiger partial charge in [-0.2, -0.15) is 0 Å². The highest BCUT2D eigenvalue weighted by Gasteiger charge is 2.44. The Balaban J connectivity index is 1.43. The molecular formula is C18H24N2O3. The zero-order valence-electron chi connectivity index (χ0n) is 13.6. The molecule has 0 radical (unpaired) electrons. The van der Waals surface area contributed by atoms with Crippen LogP contribution in [0.25, 0.3) is 0 Å². The van der Waals surface area contributed by atoms with Crippen molar-refractivity contribution in [3.05, 3.63) is 23.8 Å². The van der Waals surface area contributed by atoms with Crippen LogP contribution < -0.4 is 20.1 Å². The summed E-state index contributed by atoms with van der Waals surface area (Å²) in [5.74, 6) is 1.49. The molecule has 5 heteroatoms. The Kier molecular flexibility index (Phi) is 3.68. The van der Waals surface area contributed by atoms with Crippen molar-refractivity contribution in [3.63, 3.8) is 0 Å². The van der Waals surface area contributed by atoms with Crippen LogP contribution in [0.15, 0.2) is 18.2 Å². The first-order valence-corrected chi connectivity index (χ1v) is 8.60. The number of carbonyl (C=O) groups excluding carboxylic acids is 1. The van der Waals surface area contributed by atoms with Gasteiger partial charge in [-0.05, 0) is 43.4 Å². The first-order chi connectivity index (χ1) is 11.2. The van der Waals surface area contributed by atoms with Crippen LogP contribution in [-0.2, 0) is 4.79 Å². The molecule has 1 saturated heterocycles. The second-order valence-corrected chi connectivity index (χ2v) is 7.11. The molecule has 3 unspecified atom stereocenters. The van der Waals surface area contributed by atoms with Gasteiger partial charge in [-0.3, -0.25) is 4.79 Å². The van der Waals surface area contributed by atoms with Gasteiger partial charge in [-0.25, -0.2) is 0 Å². The third kappa shape index (κ3) is 2.67. The highest BCUT2D eigenvalue weighted by molar-refractivity contribution is 5.83. The molecule has 1 saturated carbocycles. The van der Waals surface area contributed by atoms with Crippen molar-refractivity contribution in [1.82, 2.24) is 10.6 Å². The Bertz CT molecular complexity index is 608. The molecule has 0 aromatic heterocycles. The van der Waals surface area contributed by atoms with E-state index >= 15 is 0 Å². The van der Waals surface area contributed by atoms with Gasteiger partial charge in [0.1, 0.15) is 0 Å². The van der Waals surface area contributed by atoms with Gasteiger partial charge in [-0.1, -0.05) is 13.0 Å². The van der Waals surface area contributed by atoms with E-state index in [1.54, 1.807) is 0 Å². The molecule has 1 aromatic carbocycles. The van der Waals surface area contributed by atoms with Crippen LogP contribution in [0.1, 0.15) is 44.1 Å². The predicted octanol–water partition coefficient (Wildman–Crippen LogP) is 2.17. The number of rotatable bonds is 5. The van der Waals surface area contributed by atoms with Gasteiger partial charge in [0, 0.05) is 24.5 Å². The van der Waals surface area contributed by atoms with Crippen LogP contribution in [0.2, 0.25) is 0 Å². The van der Waals surface area contributed by atoms with Crippen LogP contribution in [0, 0.1) is 5.41 Å². The molecule has 0 spiro atoms. The molecule has 1 amide bonds. The van der Waals surface area contributed by atoms with Gasteiger partial charge in [0.05, 0.1) is 5.92 Å². The maximum Gasteiger partial charge on any atom is 0.231 e.